The molecular weight excluding hydrogens is 404 g/mol. The highest BCUT2D eigenvalue weighted by Gasteiger charge is 2.25. The van der Waals surface area contributed by atoms with Crippen LogP contribution < -0.4 is 10.9 Å². The summed E-state index contributed by atoms with van der Waals surface area (Å²) in [4.78, 5) is 31.8. The van der Waals surface area contributed by atoms with Gasteiger partial charge in [0.25, 0.3) is 0 Å². The maximum absolute atomic E-state index is 12.7. The van der Waals surface area contributed by atoms with Crippen molar-refractivity contribution in [3.8, 4) is 29.4 Å². The van der Waals surface area contributed by atoms with E-state index in [0.29, 0.717) is 25.2 Å². The fourth-order valence-electron chi connectivity index (χ4n) is 3.69. The molecule has 32 heavy (non-hydrogen) atoms. The fraction of sp³-hybridized carbons (Fsp3) is 0.250. The molecule has 2 N–H and O–H groups in total. The highest BCUT2D eigenvalue weighted by atomic mass is 16.2. The monoisotopic (exact) mass is 428 g/mol. The number of amides is 2. The molecule has 3 aromatic rings. The SMILES string of the molecule is C#CCN1CCC(C(=O)NNC(=O)c2nc(-c3ccccc3)n(-c3ccccc3)n2)CC1. The quantitative estimate of drug-likeness (QED) is 0.479. The second kappa shape index (κ2) is 9.90. The number of terminal acetylenes is 1. The Morgan fingerprint density at radius 2 is 1.66 bits per heavy atom. The van der Waals surface area contributed by atoms with E-state index in [9.17, 15) is 9.59 Å². The van der Waals surface area contributed by atoms with Gasteiger partial charge in [-0.3, -0.25) is 25.3 Å². The number of likely N-dealkylation sites (tertiary alicyclic amines) is 1. The fourth-order valence-corrected chi connectivity index (χ4v) is 3.69. The van der Waals surface area contributed by atoms with E-state index >= 15 is 0 Å². The van der Waals surface area contributed by atoms with Crippen molar-refractivity contribution in [3.05, 3.63) is 66.5 Å². The van der Waals surface area contributed by atoms with Gasteiger partial charge in [-0.05, 0) is 38.1 Å². The number of piperidine rings is 1. The van der Waals surface area contributed by atoms with Crippen LogP contribution in [0.1, 0.15) is 23.5 Å². The summed E-state index contributed by atoms with van der Waals surface area (Å²) in [6.07, 6.45) is 6.74. The molecule has 0 bridgehead atoms. The number of nitrogens with one attached hydrogen (secondary N) is 2. The third-order valence-corrected chi connectivity index (χ3v) is 5.42. The molecule has 1 aliphatic heterocycles. The number of hydrogen-bond donors (Lipinski definition) is 2. The van der Waals surface area contributed by atoms with E-state index in [-0.39, 0.29) is 17.6 Å². The number of hydrogen-bond acceptors (Lipinski definition) is 5. The van der Waals surface area contributed by atoms with Gasteiger partial charge in [0.2, 0.25) is 11.7 Å². The summed E-state index contributed by atoms with van der Waals surface area (Å²) in [6.45, 7) is 2.12. The molecule has 0 spiro atoms. The zero-order valence-corrected chi connectivity index (χ0v) is 17.6. The summed E-state index contributed by atoms with van der Waals surface area (Å²) in [7, 11) is 0. The number of rotatable bonds is 5. The number of hydrazine groups is 1. The van der Waals surface area contributed by atoms with Gasteiger partial charge in [-0.25, -0.2) is 9.67 Å². The third-order valence-electron chi connectivity index (χ3n) is 5.42. The lowest BCUT2D eigenvalue weighted by molar-refractivity contribution is -0.127. The molecule has 0 saturated carbocycles. The molecule has 1 aromatic heterocycles. The van der Waals surface area contributed by atoms with Crippen LogP contribution in [0.3, 0.4) is 0 Å². The second-order valence-corrected chi connectivity index (χ2v) is 7.57. The summed E-state index contributed by atoms with van der Waals surface area (Å²) >= 11 is 0. The van der Waals surface area contributed by atoms with Gasteiger partial charge in [0.05, 0.1) is 12.2 Å². The Hall–Kier alpha value is -3.96. The molecule has 1 aliphatic rings. The van der Waals surface area contributed by atoms with Crippen molar-refractivity contribution >= 4 is 11.8 Å². The maximum atomic E-state index is 12.7. The first-order valence-corrected chi connectivity index (χ1v) is 10.5. The summed E-state index contributed by atoms with van der Waals surface area (Å²) in [5.41, 5.74) is 6.58. The van der Waals surface area contributed by atoms with E-state index in [4.69, 9.17) is 6.42 Å². The van der Waals surface area contributed by atoms with E-state index in [1.165, 1.54) is 0 Å². The van der Waals surface area contributed by atoms with Crippen LogP contribution in [0.15, 0.2) is 60.7 Å². The van der Waals surface area contributed by atoms with Crippen molar-refractivity contribution in [2.75, 3.05) is 19.6 Å². The minimum absolute atomic E-state index is 0.0307. The Balaban J connectivity index is 1.46. The zero-order chi connectivity index (χ0) is 22.3. The van der Waals surface area contributed by atoms with Gasteiger partial charge < -0.3 is 0 Å². The van der Waals surface area contributed by atoms with Gasteiger partial charge in [0, 0.05) is 11.5 Å². The number of carbonyl (C=O) groups is 2. The molecule has 1 saturated heterocycles. The first-order valence-electron chi connectivity index (χ1n) is 10.5. The molecule has 0 unspecified atom stereocenters. The Labute approximate surface area is 186 Å². The molecule has 0 aliphatic carbocycles. The van der Waals surface area contributed by atoms with Gasteiger partial charge in [-0.2, -0.15) is 0 Å². The lowest BCUT2D eigenvalue weighted by Gasteiger charge is -2.29. The van der Waals surface area contributed by atoms with Crippen LogP contribution >= 0.6 is 0 Å². The zero-order valence-electron chi connectivity index (χ0n) is 17.6. The molecule has 0 radical (unpaired) electrons. The van der Waals surface area contributed by atoms with Crippen LogP contribution in [0.25, 0.3) is 17.1 Å². The average molecular weight is 428 g/mol. The Morgan fingerprint density at radius 1 is 1.00 bits per heavy atom. The van der Waals surface area contributed by atoms with Crippen molar-refractivity contribution in [1.29, 1.82) is 0 Å². The predicted octanol–water partition coefficient (Wildman–Crippen LogP) is 2.04. The van der Waals surface area contributed by atoms with Crippen LogP contribution in [-0.2, 0) is 4.79 Å². The van der Waals surface area contributed by atoms with E-state index in [0.717, 1.165) is 24.3 Å². The molecule has 0 atom stereocenters. The first kappa shape index (κ1) is 21.3. The third kappa shape index (κ3) is 4.85. The molecule has 2 heterocycles. The number of benzene rings is 2. The van der Waals surface area contributed by atoms with Crippen LogP contribution in [0.4, 0.5) is 0 Å². The lowest BCUT2D eigenvalue weighted by Crippen LogP contribution is -2.47. The van der Waals surface area contributed by atoms with Gasteiger partial charge in [-0.1, -0.05) is 54.5 Å². The van der Waals surface area contributed by atoms with Crippen molar-refractivity contribution < 1.29 is 9.59 Å². The molecule has 8 nitrogen and oxygen atoms in total. The number of para-hydroxylation sites is 1. The molecular formula is C24H24N6O2. The van der Waals surface area contributed by atoms with Crippen LogP contribution in [-0.4, -0.2) is 51.1 Å². The molecule has 1 fully saturated rings. The van der Waals surface area contributed by atoms with Crippen molar-refractivity contribution in [2.45, 2.75) is 12.8 Å². The van der Waals surface area contributed by atoms with Gasteiger partial charge in [-0.15, -0.1) is 11.5 Å². The van der Waals surface area contributed by atoms with E-state index in [2.05, 4.69) is 31.8 Å². The summed E-state index contributed by atoms with van der Waals surface area (Å²) in [5, 5.41) is 4.39. The van der Waals surface area contributed by atoms with Crippen molar-refractivity contribution in [3.63, 3.8) is 0 Å². The predicted molar refractivity (Wildman–Crippen MR) is 120 cm³/mol. The topological polar surface area (TPSA) is 92.2 Å². The minimum Gasteiger partial charge on any atom is -0.292 e. The largest absolute Gasteiger partial charge is 0.309 e. The van der Waals surface area contributed by atoms with Gasteiger partial charge in [0.15, 0.2) is 5.82 Å². The van der Waals surface area contributed by atoms with Gasteiger partial charge in [0.1, 0.15) is 0 Å². The standard InChI is InChI=1S/C24H24N6O2/c1-2-15-29-16-13-19(14-17-29)23(31)26-27-24(32)21-25-22(18-9-5-3-6-10-18)30(28-21)20-11-7-4-8-12-20/h1,3-12,19H,13-17H2,(H,26,31)(H,27,32). The maximum Gasteiger partial charge on any atom is 0.309 e. The minimum atomic E-state index is -0.574. The van der Waals surface area contributed by atoms with Crippen molar-refractivity contribution in [2.24, 2.45) is 5.92 Å². The van der Waals surface area contributed by atoms with Gasteiger partial charge >= 0.3 is 5.91 Å². The number of aromatic nitrogens is 3. The Morgan fingerprint density at radius 3 is 2.31 bits per heavy atom. The summed E-state index contributed by atoms with van der Waals surface area (Å²) in [6, 6.07) is 19.0. The molecule has 2 amide bonds. The van der Waals surface area contributed by atoms with Crippen molar-refractivity contribution in [1.82, 2.24) is 30.5 Å². The highest BCUT2D eigenvalue weighted by Crippen LogP contribution is 2.21. The summed E-state index contributed by atoms with van der Waals surface area (Å²) in [5.74, 6) is 2.17. The van der Waals surface area contributed by atoms with E-state index in [1.807, 2.05) is 60.7 Å². The Kier molecular flexibility index (Phi) is 6.58. The van der Waals surface area contributed by atoms with E-state index < -0.39 is 5.91 Å². The smallest absolute Gasteiger partial charge is 0.292 e. The van der Waals surface area contributed by atoms with E-state index in [1.54, 1.807) is 4.68 Å². The molecule has 2 aromatic carbocycles. The molecule has 4 rings (SSSR count). The number of carbonyl (C=O) groups excluding carboxylic acids is 2. The lowest BCUT2D eigenvalue weighted by atomic mass is 9.96. The second-order valence-electron chi connectivity index (χ2n) is 7.57. The number of nitrogens with zero attached hydrogens (tertiary/aromatic N) is 4. The molecule has 162 valence electrons. The van der Waals surface area contributed by atoms with Crippen LogP contribution in [0, 0.1) is 18.3 Å². The van der Waals surface area contributed by atoms with Crippen LogP contribution in [0.5, 0.6) is 0 Å². The average Bonchev–Trinajstić information content (AvgIpc) is 3.30. The molecule has 8 heteroatoms. The first-order chi connectivity index (χ1) is 15.7. The Bertz CT molecular complexity index is 1060. The normalized spacial score (nSPS) is 14.5. The summed E-state index contributed by atoms with van der Waals surface area (Å²) < 4.78 is 1.62. The van der Waals surface area contributed by atoms with Crippen LogP contribution in [0.2, 0.25) is 0 Å². The highest BCUT2D eigenvalue weighted by molar-refractivity contribution is 5.92.